The SMILES string of the molecule is CCC[C@H]1O[C@H]1CBr. The van der Waals surface area contributed by atoms with E-state index >= 15 is 0 Å². The predicted octanol–water partition coefficient (Wildman–Crippen LogP) is 1.95. The second-order valence-electron chi connectivity index (χ2n) is 2.16. The molecule has 1 fully saturated rings. The van der Waals surface area contributed by atoms with Crippen molar-refractivity contribution in [1.82, 2.24) is 0 Å². The van der Waals surface area contributed by atoms with Crippen molar-refractivity contribution in [2.75, 3.05) is 5.33 Å². The molecule has 0 N–H and O–H groups in total. The van der Waals surface area contributed by atoms with E-state index in [1.54, 1.807) is 0 Å². The summed E-state index contributed by atoms with van der Waals surface area (Å²) in [6.07, 6.45) is 3.60. The van der Waals surface area contributed by atoms with Crippen LogP contribution in [0.15, 0.2) is 0 Å². The fourth-order valence-corrected chi connectivity index (χ4v) is 1.42. The molecule has 1 nitrogen and oxygen atoms in total. The predicted molar refractivity (Wildman–Crippen MR) is 37.4 cm³/mol. The molecule has 8 heavy (non-hydrogen) atoms. The van der Waals surface area contributed by atoms with Gasteiger partial charge in [-0.3, -0.25) is 0 Å². The Morgan fingerprint density at radius 2 is 2.25 bits per heavy atom. The van der Waals surface area contributed by atoms with Crippen LogP contribution >= 0.6 is 15.9 Å². The Kier molecular flexibility index (Phi) is 2.32. The molecule has 48 valence electrons. The third kappa shape index (κ3) is 1.46. The molecule has 0 spiro atoms. The third-order valence-electron chi connectivity index (χ3n) is 1.41. The first-order chi connectivity index (χ1) is 3.88. The van der Waals surface area contributed by atoms with Gasteiger partial charge in [0.1, 0.15) is 0 Å². The van der Waals surface area contributed by atoms with Gasteiger partial charge in [0.15, 0.2) is 0 Å². The van der Waals surface area contributed by atoms with Crippen LogP contribution in [-0.2, 0) is 4.74 Å². The summed E-state index contributed by atoms with van der Waals surface area (Å²) in [5, 5.41) is 1.01. The Labute approximate surface area is 58.5 Å². The smallest absolute Gasteiger partial charge is 0.0938 e. The average Bonchev–Trinajstić information content (AvgIpc) is 2.48. The molecule has 0 aromatic carbocycles. The van der Waals surface area contributed by atoms with Crippen molar-refractivity contribution in [3.05, 3.63) is 0 Å². The molecule has 2 heteroatoms. The summed E-state index contributed by atoms with van der Waals surface area (Å²) in [5.41, 5.74) is 0. The normalized spacial score (nSPS) is 35.2. The van der Waals surface area contributed by atoms with Crippen molar-refractivity contribution in [2.45, 2.75) is 32.0 Å². The van der Waals surface area contributed by atoms with Crippen LogP contribution in [0.25, 0.3) is 0 Å². The topological polar surface area (TPSA) is 12.5 Å². The first kappa shape index (κ1) is 6.56. The van der Waals surface area contributed by atoms with E-state index in [1.165, 1.54) is 12.8 Å². The van der Waals surface area contributed by atoms with Crippen LogP contribution in [0.1, 0.15) is 19.8 Å². The molecular weight excluding hydrogens is 168 g/mol. The van der Waals surface area contributed by atoms with Gasteiger partial charge in [0.25, 0.3) is 0 Å². The molecule has 1 aliphatic rings. The lowest BCUT2D eigenvalue weighted by Crippen LogP contribution is -1.92. The van der Waals surface area contributed by atoms with Gasteiger partial charge in [-0.15, -0.1) is 0 Å². The Balaban J connectivity index is 1.99. The van der Waals surface area contributed by atoms with Crippen LogP contribution in [-0.4, -0.2) is 17.5 Å². The molecule has 0 bridgehead atoms. The molecule has 1 aliphatic heterocycles. The van der Waals surface area contributed by atoms with Gasteiger partial charge in [0, 0.05) is 5.33 Å². The maximum atomic E-state index is 5.26. The van der Waals surface area contributed by atoms with E-state index in [0.717, 1.165) is 5.33 Å². The highest BCUT2D eigenvalue weighted by atomic mass is 79.9. The van der Waals surface area contributed by atoms with E-state index in [9.17, 15) is 0 Å². The van der Waals surface area contributed by atoms with E-state index in [2.05, 4.69) is 22.9 Å². The summed E-state index contributed by atoms with van der Waals surface area (Å²) in [6, 6.07) is 0. The zero-order valence-corrected chi connectivity index (χ0v) is 6.65. The monoisotopic (exact) mass is 178 g/mol. The Hall–Kier alpha value is 0.440. The van der Waals surface area contributed by atoms with Gasteiger partial charge in [-0.25, -0.2) is 0 Å². The van der Waals surface area contributed by atoms with E-state index in [1.807, 2.05) is 0 Å². The molecular formula is C6H11BrO. The lowest BCUT2D eigenvalue weighted by molar-refractivity contribution is 0.371. The molecule has 0 saturated carbocycles. The zero-order valence-electron chi connectivity index (χ0n) is 5.06. The lowest BCUT2D eigenvalue weighted by Gasteiger charge is -1.83. The van der Waals surface area contributed by atoms with Gasteiger partial charge in [0.05, 0.1) is 12.2 Å². The molecule has 0 aromatic heterocycles. The highest BCUT2D eigenvalue weighted by molar-refractivity contribution is 9.09. The molecule has 0 amide bonds. The van der Waals surface area contributed by atoms with Crippen molar-refractivity contribution in [3.8, 4) is 0 Å². The molecule has 1 heterocycles. The summed E-state index contributed by atoms with van der Waals surface area (Å²) in [7, 11) is 0. The molecule has 2 atom stereocenters. The minimum Gasteiger partial charge on any atom is -0.369 e. The van der Waals surface area contributed by atoms with Crippen LogP contribution in [0.4, 0.5) is 0 Å². The number of rotatable bonds is 3. The number of hydrogen-bond acceptors (Lipinski definition) is 1. The number of alkyl halides is 1. The summed E-state index contributed by atoms with van der Waals surface area (Å²) >= 11 is 3.36. The highest BCUT2D eigenvalue weighted by Gasteiger charge is 2.36. The van der Waals surface area contributed by atoms with Crippen LogP contribution < -0.4 is 0 Å². The number of hydrogen-bond donors (Lipinski definition) is 0. The van der Waals surface area contributed by atoms with Crippen molar-refractivity contribution in [3.63, 3.8) is 0 Å². The molecule has 1 saturated heterocycles. The van der Waals surface area contributed by atoms with Gasteiger partial charge in [-0.05, 0) is 6.42 Å². The van der Waals surface area contributed by atoms with Crippen LogP contribution in [0, 0.1) is 0 Å². The van der Waals surface area contributed by atoms with Crippen molar-refractivity contribution >= 4 is 15.9 Å². The van der Waals surface area contributed by atoms with Gasteiger partial charge in [-0.2, -0.15) is 0 Å². The Bertz CT molecular complexity index is 74.9. The first-order valence-electron chi connectivity index (χ1n) is 3.10. The van der Waals surface area contributed by atoms with Crippen LogP contribution in [0.2, 0.25) is 0 Å². The summed E-state index contributed by atoms with van der Waals surface area (Å²) < 4.78 is 5.26. The van der Waals surface area contributed by atoms with Crippen LogP contribution in [0.3, 0.4) is 0 Å². The maximum absolute atomic E-state index is 5.26. The van der Waals surface area contributed by atoms with Gasteiger partial charge >= 0.3 is 0 Å². The number of ether oxygens (including phenoxy) is 1. The minimum absolute atomic E-state index is 0.537. The van der Waals surface area contributed by atoms with E-state index in [4.69, 9.17) is 4.74 Å². The quantitative estimate of drug-likeness (QED) is 0.476. The molecule has 0 aromatic rings. The van der Waals surface area contributed by atoms with Crippen molar-refractivity contribution in [2.24, 2.45) is 0 Å². The lowest BCUT2D eigenvalue weighted by atomic mass is 10.2. The zero-order chi connectivity index (χ0) is 5.98. The summed E-state index contributed by atoms with van der Waals surface area (Å²) in [5.74, 6) is 0. The number of epoxide rings is 1. The minimum atomic E-state index is 0.537. The molecule has 0 radical (unpaired) electrons. The van der Waals surface area contributed by atoms with Crippen molar-refractivity contribution < 1.29 is 4.74 Å². The third-order valence-corrected chi connectivity index (χ3v) is 2.05. The van der Waals surface area contributed by atoms with Gasteiger partial charge < -0.3 is 4.74 Å². The van der Waals surface area contributed by atoms with Gasteiger partial charge in [0.2, 0.25) is 0 Å². The second kappa shape index (κ2) is 2.83. The molecule has 0 aliphatic carbocycles. The fourth-order valence-electron chi connectivity index (χ4n) is 0.853. The van der Waals surface area contributed by atoms with E-state index in [-0.39, 0.29) is 0 Å². The van der Waals surface area contributed by atoms with Crippen molar-refractivity contribution in [1.29, 1.82) is 0 Å². The maximum Gasteiger partial charge on any atom is 0.0938 e. The summed E-state index contributed by atoms with van der Waals surface area (Å²) in [4.78, 5) is 0. The Morgan fingerprint density at radius 3 is 2.62 bits per heavy atom. The first-order valence-corrected chi connectivity index (χ1v) is 4.22. The molecule has 0 unspecified atom stereocenters. The van der Waals surface area contributed by atoms with Crippen LogP contribution in [0.5, 0.6) is 0 Å². The molecule has 1 rings (SSSR count). The average molecular weight is 179 g/mol. The van der Waals surface area contributed by atoms with E-state index in [0.29, 0.717) is 12.2 Å². The second-order valence-corrected chi connectivity index (χ2v) is 2.80. The fraction of sp³-hybridized carbons (Fsp3) is 1.00. The Morgan fingerprint density at radius 1 is 1.50 bits per heavy atom. The largest absolute Gasteiger partial charge is 0.369 e. The number of halogens is 1. The van der Waals surface area contributed by atoms with E-state index < -0.39 is 0 Å². The summed E-state index contributed by atoms with van der Waals surface area (Å²) in [6.45, 7) is 2.19. The highest BCUT2D eigenvalue weighted by Crippen LogP contribution is 2.27. The standard InChI is InChI=1S/C6H11BrO/c1-2-3-5-6(4-7)8-5/h5-6H,2-4H2,1H3/t5-,6+/m1/s1. The van der Waals surface area contributed by atoms with Gasteiger partial charge in [-0.1, -0.05) is 29.3 Å².